The molecule has 0 spiro atoms. The van der Waals surface area contributed by atoms with Crippen LogP contribution < -0.4 is 0 Å². The summed E-state index contributed by atoms with van der Waals surface area (Å²) in [5.74, 6) is 0. The molecule has 1 fully saturated rings. The van der Waals surface area contributed by atoms with Gasteiger partial charge in [0, 0.05) is 31.7 Å². The Hall–Kier alpha value is -0.900. The van der Waals surface area contributed by atoms with Gasteiger partial charge in [-0.3, -0.25) is 9.80 Å². The molecule has 1 saturated heterocycles. The summed E-state index contributed by atoms with van der Waals surface area (Å²) in [5, 5.41) is 10.4. The number of rotatable bonds is 3. The minimum absolute atomic E-state index is 0.385. The number of aliphatic hydroxyl groups is 1. The zero-order chi connectivity index (χ0) is 14.0. The third-order valence-electron chi connectivity index (χ3n) is 4.41. The minimum Gasteiger partial charge on any atom is -0.387 e. The minimum atomic E-state index is -0.385. The van der Waals surface area contributed by atoms with Crippen molar-refractivity contribution >= 4 is 0 Å². The number of hydrogen-bond donors (Lipinski definition) is 1. The number of nitrogens with zero attached hydrogens (tertiary/aromatic N) is 2. The maximum Gasteiger partial charge on any atom is 0.0919 e. The molecule has 3 heteroatoms. The highest BCUT2D eigenvalue weighted by molar-refractivity contribution is 5.27. The molecule has 3 atom stereocenters. The van der Waals surface area contributed by atoms with E-state index in [2.05, 4.69) is 43.7 Å². The van der Waals surface area contributed by atoms with E-state index in [9.17, 15) is 5.11 Å². The molecule has 1 aliphatic heterocycles. The first kappa shape index (κ1) is 14.5. The average molecular weight is 262 g/mol. The normalized spacial score (nSPS) is 27.4. The largest absolute Gasteiger partial charge is 0.387 e. The van der Waals surface area contributed by atoms with Crippen LogP contribution in [0.4, 0.5) is 0 Å². The van der Waals surface area contributed by atoms with Crippen LogP contribution in [0.3, 0.4) is 0 Å². The van der Waals surface area contributed by atoms with Gasteiger partial charge in [0.15, 0.2) is 0 Å². The molecule has 0 saturated carbocycles. The van der Waals surface area contributed by atoms with Crippen LogP contribution in [0.1, 0.15) is 31.1 Å². The molecule has 106 valence electrons. The van der Waals surface area contributed by atoms with Gasteiger partial charge in [0.25, 0.3) is 0 Å². The summed E-state index contributed by atoms with van der Waals surface area (Å²) in [5.41, 5.74) is 2.23. The van der Waals surface area contributed by atoms with Crippen LogP contribution in [-0.2, 0) is 0 Å². The van der Waals surface area contributed by atoms with Gasteiger partial charge in [-0.2, -0.15) is 0 Å². The fourth-order valence-corrected chi connectivity index (χ4v) is 2.97. The molecule has 19 heavy (non-hydrogen) atoms. The monoisotopic (exact) mass is 262 g/mol. The zero-order valence-corrected chi connectivity index (χ0v) is 12.5. The summed E-state index contributed by atoms with van der Waals surface area (Å²) in [6.45, 7) is 9.36. The second kappa shape index (κ2) is 6.04. The number of aliphatic hydroxyl groups excluding tert-OH is 1. The van der Waals surface area contributed by atoms with Crippen molar-refractivity contribution in [1.82, 2.24) is 9.80 Å². The van der Waals surface area contributed by atoms with E-state index in [-0.39, 0.29) is 6.10 Å². The molecular formula is C16H26N2O. The second-order valence-corrected chi connectivity index (χ2v) is 5.95. The molecular weight excluding hydrogens is 236 g/mol. The summed E-state index contributed by atoms with van der Waals surface area (Å²) in [7, 11) is 2.18. The third-order valence-corrected chi connectivity index (χ3v) is 4.41. The van der Waals surface area contributed by atoms with Gasteiger partial charge < -0.3 is 5.11 Å². The van der Waals surface area contributed by atoms with Crippen LogP contribution >= 0.6 is 0 Å². The Labute approximate surface area is 116 Å². The quantitative estimate of drug-likeness (QED) is 0.903. The predicted molar refractivity (Wildman–Crippen MR) is 79.3 cm³/mol. The molecule has 1 heterocycles. The summed E-state index contributed by atoms with van der Waals surface area (Å²) in [4.78, 5) is 4.79. The van der Waals surface area contributed by atoms with E-state index in [4.69, 9.17) is 0 Å². The first-order chi connectivity index (χ1) is 8.99. The summed E-state index contributed by atoms with van der Waals surface area (Å²) in [6, 6.07) is 9.21. The molecule has 0 bridgehead atoms. The number of piperazine rings is 1. The standard InChI is InChI=1S/C16H26N2O/c1-12-7-5-6-8-15(12)16(19)11-18-9-13(2)17(4)14(3)10-18/h5-8,13-14,16,19H,9-11H2,1-4H3. The van der Waals surface area contributed by atoms with E-state index in [0.717, 1.165) is 25.2 Å². The van der Waals surface area contributed by atoms with Gasteiger partial charge in [-0.1, -0.05) is 24.3 Å². The lowest BCUT2D eigenvalue weighted by Gasteiger charge is -2.43. The van der Waals surface area contributed by atoms with E-state index < -0.39 is 0 Å². The van der Waals surface area contributed by atoms with E-state index in [1.807, 2.05) is 18.2 Å². The van der Waals surface area contributed by atoms with Crippen molar-refractivity contribution in [2.75, 3.05) is 26.7 Å². The maximum absolute atomic E-state index is 10.4. The first-order valence-electron chi connectivity index (χ1n) is 7.17. The molecule has 3 unspecified atom stereocenters. The molecule has 0 radical (unpaired) electrons. The van der Waals surface area contributed by atoms with Crippen LogP contribution in [0.15, 0.2) is 24.3 Å². The zero-order valence-electron chi connectivity index (χ0n) is 12.5. The lowest BCUT2D eigenvalue weighted by Crippen LogP contribution is -2.55. The van der Waals surface area contributed by atoms with Gasteiger partial charge in [-0.15, -0.1) is 0 Å². The highest BCUT2D eigenvalue weighted by atomic mass is 16.3. The first-order valence-corrected chi connectivity index (χ1v) is 7.17. The second-order valence-electron chi connectivity index (χ2n) is 5.95. The van der Waals surface area contributed by atoms with Crippen LogP contribution in [0.5, 0.6) is 0 Å². The predicted octanol–water partition coefficient (Wildman–Crippen LogP) is 2.05. The van der Waals surface area contributed by atoms with Crippen LogP contribution in [0, 0.1) is 6.92 Å². The van der Waals surface area contributed by atoms with Gasteiger partial charge >= 0.3 is 0 Å². The molecule has 2 rings (SSSR count). The number of aryl methyl sites for hydroxylation is 1. The Bertz CT molecular complexity index is 409. The van der Waals surface area contributed by atoms with Crippen molar-refractivity contribution in [2.24, 2.45) is 0 Å². The van der Waals surface area contributed by atoms with Crippen LogP contribution in [0.25, 0.3) is 0 Å². The van der Waals surface area contributed by atoms with E-state index in [1.165, 1.54) is 5.56 Å². The number of likely N-dealkylation sites (N-methyl/N-ethyl adjacent to an activating group) is 1. The molecule has 0 aliphatic carbocycles. The fraction of sp³-hybridized carbons (Fsp3) is 0.625. The number of benzene rings is 1. The van der Waals surface area contributed by atoms with Gasteiger partial charge in [0.05, 0.1) is 6.10 Å². The lowest BCUT2D eigenvalue weighted by molar-refractivity contribution is 0.0280. The molecule has 1 aromatic carbocycles. The van der Waals surface area contributed by atoms with Crippen molar-refractivity contribution < 1.29 is 5.11 Å². The molecule has 0 aromatic heterocycles. The van der Waals surface area contributed by atoms with Crippen LogP contribution in [0.2, 0.25) is 0 Å². The third kappa shape index (κ3) is 3.35. The highest BCUT2D eigenvalue weighted by Gasteiger charge is 2.27. The average Bonchev–Trinajstić information content (AvgIpc) is 2.36. The highest BCUT2D eigenvalue weighted by Crippen LogP contribution is 2.21. The smallest absolute Gasteiger partial charge is 0.0919 e. The molecule has 0 amide bonds. The van der Waals surface area contributed by atoms with Crippen molar-refractivity contribution in [3.05, 3.63) is 35.4 Å². The number of β-amino-alcohol motifs (C(OH)–C–C–N with tert-alkyl or cyclic N) is 1. The number of hydrogen-bond acceptors (Lipinski definition) is 3. The van der Waals surface area contributed by atoms with E-state index in [1.54, 1.807) is 0 Å². The van der Waals surface area contributed by atoms with Gasteiger partial charge in [0.2, 0.25) is 0 Å². The molecule has 3 nitrogen and oxygen atoms in total. The maximum atomic E-state index is 10.4. The summed E-state index contributed by atoms with van der Waals surface area (Å²) >= 11 is 0. The topological polar surface area (TPSA) is 26.7 Å². The fourth-order valence-electron chi connectivity index (χ4n) is 2.97. The summed E-state index contributed by atoms with van der Waals surface area (Å²) < 4.78 is 0. The van der Waals surface area contributed by atoms with Crippen LogP contribution in [-0.4, -0.2) is 53.7 Å². The Morgan fingerprint density at radius 2 is 1.79 bits per heavy atom. The Balaban J connectivity index is 2.00. The van der Waals surface area contributed by atoms with Gasteiger partial charge in [-0.25, -0.2) is 0 Å². The van der Waals surface area contributed by atoms with Crippen molar-refractivity contribution in [3.63, 3.8) is 0 Å². The summed E-state index contributed by atoms with van der Waals surface area (Å²) in [6.07, 6.45) is -0.385. The Kier molecular flexibility index (Phi) is 4.61. The van der Waals surface area contributed by atoms with Gasteiger partial charge in [0.1, 0.15) is 0 Å². The lowest BCUT2D eigenvalue weighted by atomic mass is 10.0. The molecule has 1 N–H and O–H groups in total. The molecule has 1 aliphatic rings. The van der Waals surface area contributed by atoms with E-state index >= 15 is 0 Å². The Morgan fingerprint density at radius 3 is 2.37 bits per heavy atom. The van der Waals surface area contributed by atoms with Crippen molar-refractivity contribution in [2.45, 2.75) is 39.0 Å². The van der Waals surface area contributed by atoms with E-state index in [0.29, 0.717) is 12.1 Å². The molecule has 1 aromatic rings. The van der Waals surface area contributed by atoms with Crippen molar-refractivity contribution in [1.29, 1.82) is 0 Å². The van der Waals surface area contributed by atoms with Crippen molar-refractivity contribution in [3.8, 4) is 0 Å². The SMILES string of the molecule is Cc1ccccc1C(O)CN1CC(C)N(C)C(C)C1. The van der Waals surface area contributed by atoms with Gasteiger partial charge in [-0.05, 0) is 38.9 Å². The Morgan fingerprint density at radius 1 is 1.21 bits per heavy atom.